The van der Waals surface area contributed by atoms with Gasteiger partial charge in [0.25, 0.3) is 0 Å². The van der Waals surface area contributed by atoms with Crippen LogP contribution in [0.2, 0.25) is 0 Å². The molecular weight excluding hydrogens is 192 g/mol. The van der Waals surface area contributed by atoms with Crippen molar-refractivity contribution in [3.8, 4) is 5.75 Å². The fraction of sp³-hybridized carbons (Fsp3) is 0.364. The van der Waals surface area contributed by atoms with Crippen LogP contribution in [-0.2, 0) is 4.79 Å². The van der Waals surface area contributed by atoms with Gasteiger partial charge in [0, 0.05) is 12.5 Å². The van der Waals surface area contributed by atoms with Gasteiger partial charge in [-0.2, -0.15) is 0 Å². The molecule has 0 saturated heterocycles. The summed E-state index contributed by atoms with van der Waals surface area (Å²) in [5, 5.41) is 2.74. The lowest BCUT2D eigenvalue weighted by atomic mass is 10.2. The van der Waals surface area contributed by atoms with Crippen molar-refractivity contribution < 1.29 is 9.53 Å². The standard InChI is InChI=1S/C11H16N2O2/c1-3-4-11(14)13-10-6-5-8(15-2)7-9(10)12/h5-7H,3-4,12H2,1-2H3,(H,13,14). The zero-order valence-electron chi connectivity index (χ0n) is 9.04. The van der Waals surface area contributed by atoms with Gasteiger partial charge < -0.3 is 15.8 Å². The van der Waals surface area contributed by atoms with Crippen molar-refractivity contribution in [3.05, 3.63) is 18.2 Å². The lowest BCUT2D eigenvalue weighted by molar-refractivity contribution is -0.116. The molecule has 4 nitrogen and oxygen atoms in total. The molecule has 1 rings (SSSR count). The highest BCUT2D eigenvalue weighted by atomic mass is 16.5. The first kappa shape index (κ1) is 11.4. The van der Waals surface area contributed by atoms with E-state index < -0.39 is 0 Å². The van der Waals surface area contributed by atoms with Gasteiger partial charge in [-0.3, -0.25) is 4.79 Å². The van der Waals surface area contributed by atoms with Crippen molar-refractivity contribution in [2.45, 2.75) is 19.8 Å². The lowest BCUT2D eigenvalue weighted by Crippen LogP contribution is -2.12. The third kappa shape index (κ3) is 3.16. The minimum Gasteiger partial charge on any atom is -0.497 e. The summed E-state index contributed by atoms with van der Waals surface area (Å²) in [7, 11) is 1.57. The fourth-order valence-corrected chi connectivity index (χ4v) is 1.22. The van der Waals surface area contributed by atoms with Gasteiger partial charge in [0.2, 0.25) is 5.91 Å². The van der Waals surface area contributed by atoms with Crippen LogP contribution in [0.25, 0.3) is 0 Å². The Labute approximate surface area is 89.4 Å². The minimum absolute atomic E-state index is 0.0191. The first-order valence-electron chi connectivity index (χ1n) is 4.90. The van der Waals surface area contributed by atoms with Crippen LogP contribution in [0.5, 0.6) is 5.75 Å². The Morgan fingerprint density at radius 1 is 1.53 bits per heavy atom. The molecule has 0 saturated carbocycles. The number of rotatable bonds is 4. The molecule has 4 heteroatoms. The summed E-state index contributed by atoms with van der Waals surface area (Å²) >= 11 is 0. The molecule has 0 heterocycles. The molecule has 82 valence electrons. The van der Waals surface area contributed by atoms with E-state index in [1.807, 2.05) is 6.92 Å². The zero-order valence-corrected chi connectivity index (χ0v) is 9.04. The van der Waals surface area contributed by atoms with Crippen LogP contribution in [0.15, 0.2) is 18.2 Å². The number of hydrogen-bond acceptors (Lipinski definition) is 3. The summed E-state index contributed by atoms with van der Waals surface area (Å²) in [5.74, 6) is 0.662. The molecule has 0 aliphatic heterocycles. The van der Waals surface area contributed by atoms with Gasteiger partial charge in [-0.25, -0.2) is 0 Å². The van der Waals surface area contributed by atoms with E-state index in [1.54, 1.807) is 25.3 Å². The van der Waals surface area contributed by atoms with Crippen molar-refractivity contribution in [1.29, 1.82) is 0 Å². The van der Waals surface area contributed by atoms with E-state index in [4.69, 9.17) is 10.5 Å². The van der Waals surface area contributed by atoms with E-state index in [2.05, 4.69) is 5.32 Å². The van der Waals surface area contributed by atoms with E-state index in [0.717, 1.165) is 6.42 Å². The first-order chi connectivity index (χ1) is 7.17. The third-order valence-corrected chi connectivity index (χ3v) is 2.01. The number of benzene rings is 1. The molecule has 0 aromatic heterocycles. The SMILES string of the molecule is CCCC(=O)Nc1ccc(OC)cc1N. The maximum absolute atomic E-state index is 11.3. The Hall–Kier alpha value is -1.71. The number of carbonyl (C=O) groups excluding carboxylic acids is 1. The van der Waals surface area contributed by atoms with Crippen molar-refractivity contribution in [2.75, 3.05) is 18.2 Å². The number of nitrogen functional groups attached to an aromatic ring is 1. The average Bonchev–Trinajstić information content (AvgIpc) is 2.21. The quantitative estimate of drug-likeness (QED) is 0.744. The number of hydrogen-bond donors (Lipinski definition) is 2. The number of nitrogens with one attached hydrogen (secondary N) is 1. The smallest absolute Gasteiger partial charge is 0.224 e. The Bertz CT molecular complexity index is 350. The Balaban J connectivity index is 2.73. The van der Waals surface area contributed by atoms with Gasteiger partial charge in [0.15, 0.2) is 0 Å². The second-order valence-electron chi connectivity index (χ2n) is 3.25. The summed E-state index contributed by atoms with van der Waals surface area (Å²) in [4.78, 5) is 11.3. The highest BCUT2D eigenvalue weighted by Crippen LogP contribution is 2.24. The normalized spacial score (nSPS) is 9.73. The Morgan fingerprint density at radius 2 is 2.27 bits per heavy atom. The van der Waals surface area contributed by atoms with E-state index in [1.165, 1.54) is 0 Å². The van der Waals surface area contributed by atoms with E-state index in [0.29, 0.717) is 23.5 Å². The molecule has 0 bridgehead atoms. The van der Waals surface area contributed by atoms with Gasteiger partial charge in [0.05, 0.1) is 18.5 Å². The summed E-state index contributed by atoms with van der Waals surface area (Å²) < 4.78 is 5.01. The molecule has 0 aliphatic rings. The zero-order chi connectivity index (χ0) is 11.3. The highest BCUT2D eigenvalue weighted by molar-refractivity contribution is 5.93. The molecule has 0 unspecified atom stereocenters. The number of methoxy groups -OCH3 is 1. The van der Waals surface area contributed by atoms with Crippen LogP contribution in [0.1, 0.15) is 19.8 Å². The maximum atomic E-state index is 11.3. The largest absolute Gasteiger partial charge is 0.497 e. The molecule has 0 atom stereocenters. The van der Waals surface area contributed by atoms with Gasteiger partial charge in [0.1, 0.15) is 5.75 Å². The molecule has 0 aliphatic carbocycles. The minimum atomic E-state index is -0.0191. The van der Waals surface area contributed by atoms with Gasteiger partial charge >= 0.3 is 0 Å². The van der Waals surface area contributed by atoms with Crippen LogP contribution in [0.3, 0.4) is 0 Å². The molecule has 1 amide bonds. The molecule has 1 aromatic carbocycles. The van der Waals surface area contributed by atoms with Crippen molar-refractivity contribution >= 4 is 17.3 Å². The molecular formula is C11H16N2O2. The van der Waals surface area contributed by atoms with Gasteiger partial charge in [-0.05, 0) is 18.6 Å². The van der Waals surface area contributed by atoms with E-state index in [9.17, 15) is 4.79 Å². The maximum Gasteiger partial charge on any atom is 0.224 e. The second kappa shape index (κ2) is 5.24. The summed E-state index contributed by atoms with van der Waals surface area (Å²) in [6.45, 7) is 1.96. The fourth-order valence-electron chi connectivity index (χ4n) is 1.22. The predicted molar refractivity (Wildman–Crippen MR) is 60.9 cm³/mol. The van der Waals surface area contributed by atoms with E-state index in [-0.39, 0.29) is 5.91 Å². The molecule has 1 aromatic rings. The number of carbonyl (C=O) groups is 1. The number of anilines is 2. The topological polar surface area (TPSA) is 64.3 Å². The van der Waals surface area contributed by atoms with Crippen LogP contribution in [0.4, 0.5) is 11.4 Å². The molecule has 15 heavy (non-hydrogen) atoms. The van der Waals surface area contributed by atoms with Crippen LogP contribution < -0.4 is 15.8 Å². The van der Waals surface area contributed by atoms with Gasteiger partial charge in [-0.1, -0.05) is 6.92 Å². The molecule has 3 N–H and O–H groups in total. The summed E-state index contributed by atoms with van der Waals surface area (Å²) in [5.41, 5.74) is 6.89. The van der Waals surface area contributed by atoms with Crippen LogP contribution in [0, 0.1) is 0 Å². The summed E-state index contributed by atoms with van der Waals surface area (Å²) in [6, 6.07) is 5.18. The summed E-state index contributed by atoms with van der Waals surface area (Å²) in [6.07, 6.45) is 1.33. The lowest BCUT2D eigenvalue weighted by Gasteiger charge is -2.08. The van der Waals surface area contributed by atoms with Crippen molar-refractivity contribution in [1.82, 2.24) is 0 Å². The second-order valence-corrected chi connectivity index (χ2v) is 3.25. The van der Waals surface area contributed by atoms with Gasteiger partial charge in [-0.15, -0.1) is 0 Å². The van der Waals surface area contributed by atoms with E-state index >= 15 is 0 Å². The first-order valence-corrected chi connectivity index (χ1v) is 4.90. The monoisotopic (exact) mass is 208 g/mol. The molecule has 0 radical (unpaired) electrons. The average molecular weight is 208 g/mol. The van der Waals surface area contributed by atoms with Crippen LogP contribution >= 0.6 is 0 Å². The highest BCUT2D eigenvalue weighted by Gasteiger charge is 2.04. The van der Waals surface area contributed by atoms with Crippen LogP contribution in [-0.4, -0.2) is 13.0 Å². The van der Waals surface area contributed by atoms with Crippen molar-refractivity contribution in [2.24, 2.45) is 0 Å². The Kier molecular flexibility index (Phi) is 3.97. The number of nitrogens with two attached hydrogens (primary N) is 1. The van der Waals surface area contributed by atoms with Crippen molar-refractivity contribution in [3.63, 3.8) is 0 Å². The predicted octanol–water partition coefficient (Wildman–Crippen LogP) is 2.02. The number of amides is 1. The molecule has 0 fully saturated rings. The molecule has 0 spiro atoms. The third-order valence-electron chi connectivity index (χ3n) is 2.01. The number of ether oxygens (including phenoxy) is 1. The Morgan fingerprint density at radius 3 is 2.80 bits per heavy atom.